The molecule has 1 saturated heterocycles. The Kier molecular flexibility index (Phi) is 2.82. The van der Waals surface area contributed by atoms with Crippen LogP contribution in [0.1, 0.15) is 26.7 Å². The summed E-state index contributed by atoms with van der Waals surface area (Å²) >= 11 is 0. The van der Waals surface area contributed by atoms with Crippen LogP contribution in [0.4, 0.5) is 0 Å². The zero-order chi connectivity index (χ0) is 10.1. The van der Waals surface area contributed by atoms with E-state index in [4.69, 9.17) is 4.74 Å². The smallest absolute Gasteiger partial charge is 0.0902 e. The lowest BCUT2D eigenvalue weighted by atomic mass is 10.0. The molecule has 0 radical (unpaired) electrons. The summed E-state index contributed by atoms with van der Waals surface area (Å²) in [5, 5.41) is 6.69. The van der Waals surface area contributed by atoms with Crippen molar-refractivity contribution in [1.29, 1.82) is 0 Å². The number of ether oxygens (including phenoxy) is 1. The first kappa shape index (κ1) is 10.4. The van der Waals surface area contributed by atoms with Crippen LogP contribution < -0.4 is 10.6 Å². The van der Waals surface area contributed by atoms with Crippen LogP contribution in [0.3, 0.4) is 0 Å². The second-order valence-corrected chi connectivity index (χ2v) is 5.39. The third-order valence-electron chi connectivity index (χ3n) is 3.38. The minimum atomic E-state index is 0.116. The first-order valence-corrected chi connectivity index (χ1v) is 5.67. The number of nitrogens with one attached hydrogen (secondary N) is 2. The Bertz CT molecular complexity index is 197. The van der Waals surface area contributed by atoms with Crippen LogP contribution in [0, 0.1) is 5.41 Å². The summed E-state index contributed by atoms with van der Waals surface area (Å²) in [4.78, 5) is 0. The molecule has 0 bridgehead atoms. The van der Waals surface area contributed by atoms with Gasteiger partial charge >= 0.3 is 0 Å². The summed E-state index contributed by atoms with van der Waals surface area (Å²) < 4.78 is 5.78. The van der Waals surface area contributed by atoms with Gasteiger partial charge in [-0.05, 0) is 25.2 Å². The van der Waals surface area contributed by atoms with E-state index in [0.717, 1.165) is 32.8 Å². The molecule has 0 aromatic heterocycles. The predicted molar refractivity (Wildman–Crippen MR) is 57.4 cm³/mol. The molecular weight excluding hydrogens is 176 g/mol. The van der Waals surface area contributed by atoms with Crippen molar-refractivity contribution in [3.8, 4) is 0 Å². The van der Waals surface area contributed by atoms with Crippen molar-refractivity contribution >= 4 is 0 Å². The summed E-state index contributed by atoms with van der Waals surface area (Å²) in [7, 11) is 0. The fourth-order valence-corrected chi connectivity index (χ4v) is 1.73. The van der Waals surface area contributed by atoms with E-state index in [0.29, 0.717) is 5.41 Å². The van der Waals surface area contributed by atoms with Crippen LogP contribution in [0.15, 0.2) is 0 Å². The predicted octanol–water partition coefficient (Wildman–Crippen LogP) is 0.755. The summed E-state index contributed by atoms with van der Waals surface area (Å²) in [6.45, 7) is 9.52. The topological polar surface area (TPSA) is 33.3 Å². The zero-order valence-corrected chi connectivity index (χ0v) is 9.36. The minimum Gasteiger partial charge on any atom is -0.371 e. The molecule has 3 nitrogen and oxygen atoms in total. The van der Waals surface area contributed by atoms with Crippen molar-refractivity contribution in [2.45, 2.75) is 32.3 Å². The normalized spacial score (nSPS) is 27.0. The first-order valence-electron chi connectivity index (χ1n) is 5.67. The summed E-state index contributed by atoms with van der Waals surface area (Å²) in [6, 6.07) is 0. The molecule has 0 aromatic rings. The molecule has 0 amide bonds. The quantitative estimate of drug-likeness (QED) is 0.618. The number of rotatable bonds is 6. The molecule has 2 N–H and O–H groups in total. The molecule has 0 unspecified atom stereocenters. The standard InChI is InChI=1S/C11H22N2O/c1-10(3-4-10)7-12-5-6-14-11(2)8-13-9-11/h12-13H,3-9H2,1-2H3. The van der Waals surface area contributed by atoms with E-state index in [1.807, 2.05) is 0 Å². The molecule has 3 heteroatoms. The Labute approximate surface area is 86.6 Å². The van der Waals surface area contributed by atoms with Gasteiger partial charge in [0, 0.05) is 26.2 Å². The van der Waals surface area contributed by atoms with E-state index >= 15 is 0 Å². The number of hydrogen-bond donors (Lipinski definition) is 2. The van der Waals surface area contributed by atoms with Gasteiger partial charge in [-0.2, -0.15) is 0 Å². The van der Waals surface area contributed by atoms with Crippen molar-refractivity contribution in [3.63, 3.8) is 0 Å². The molecule has 1 aliphatic carbocycles. The highest BCUT2D eigenvalue weighted by Crippen LogP contribution is 2.43. The summed E-state index contributed by atoms with van der Waals surface area (Å²) in [5.41, 5.74) is 0.729. The molecular formula is C11H22N2O. The van der Waals surface area contributed by atoms with E-state index < -0.39 is 0 Å². The van der Waals surface area contributed by atoms with Crippen LogP contribution in [0.2, 0.25) is 0 Å². The largest absolute Gasteiger partial charge is 0.371 e. The van der Waals surface area contributed by atoms with Gasteiger partial charge in [-0.25, -0.2) is 0 Å². The maximum Gasteiger partial charge on any atom is 0.0902 e. The van der Waals surface area contributed by atoms with E-state index in [9.17, 15) is 0 Å². The lowest BCUT2D eigenvalue weighted by Gasteiger charge is -2.39. The molecule has 2 fully saturated rings. The number of hydrogen-bond acceptors (Lipinski definition) is 3. The maximum atomic E-state index is 5.78. The lowest BCUT2D eigenvalue weighted by molar-refractivity contribution is -0.0649. The maximum absolute atomic E-state index is 5.78. The van der Waals surface area contributed by atoms with E-state index in [-0.39, 0.29) is 5.60 Å². The van der Waals surface area contributed by atoms with Crippen molar-refractivity contribution in [3.05, 3.63) is 0 Å². The van der Waals surface area contributed by atoms with Gasteiger partial charge in [0.1, 0.15) is 0 Å². The molecule has 0 spiro atoms. The van der Waals surface area contributed by atoms with Crippen LogP contribution in [0.5, 0.6) is 0 Å². The van der Waals surface area contributed by atoms with Gasteiger partial charge in [-0.15, -0.1) is 0 Å². The second kappa shape index (κ2) is 3.80. The third kappa shape index (κ3) is 2.69. The van der Waals surface area contributed by atoms with Gasteiger partial charge in [0.05, 0.1) is 12.2 Å². The van der Waals surface area contributed by atoms with E-state index in [1.165, 1.54) is 12.8 Å². The van der Waals surface area contributed by atoms with Crippen molar-refractivity contribution in [2.75, 3.05) is 32.8 Å². The van der Waals surface area contributed by atoms with Crippen LogP contribution in [0.25, 0.3) is 0 Å². The zero-order valence-electron chi connectivity index (χ0n) is 9.36. The summed E-state index contributed by atoms with van der Waals surface area (Å²) in [6.07, 6.45) is 2.78. The Morgan fingerprint density at radius 2 is 2.00 bits per heavy atom. The highest BCUT2D eigenvalue weighted by molar-refractivity contribution is 4.91. The highest BCUT2D eigenvalue weighted by Gasteiger charge is 2.36. The van der Waals surface area contributed by atoms with Gasteiger partial charge in [-0.1, -0.05) is 6.92 Å². The average Bonchev–Trinajstić information content (AvgIpc) is 2.81. The molecule has 0 atom stereocenters. The van der Waals surface area contributed by atoms with Gasteiger partial charge in [0.25, 0.3) is 0 Å². The lowest BCUT2D eigenvalue weighted by Crippen LogP contribution is -2.59. The molecule has 1 heterocycles. The Morgan fingerprint density at radius 3 is 2.50 bits per heavy atom. The van der Waals surface area contributed by atoms with Gasteiger partial charge in [-0.3, -0.25) is 0 Å². The fourth-order valence-electron chi connectivity index (χ4n) is 1.73. The fraction of sp³-hybridized carbons (Fsp3) is 1.00. The molecule has 82 valence electrons. The van der Waals surface area contributed by atoms with Crippen LogP contribution in [-0.2, 0) is 4.74 Å². The third-order valence-corrected chi connectivity index (χ3v) is 3.38. The van der Waals surface area contributed by atoms with Crippen molar-refractivity contribution < 1.29 is 4.74 Å². The minimum absolute atomic E-state index is 0.116. The monoisotopic (exact) mass is 198 g/mol. The Balaban J connectivity index is 1.47. The van der Waals surface area contributed by atoms with E-state index in [2.05, 4.69) is 24.5 Å². The molecule has 2 rings (SSSR count). The van der Waals surface area contributed by atoms with Crippen LogP contribution >= 0.6 is 0 Å². The second-order valence-electron chi connectivity index (χ2n) is 5.39. The van der Waals surface area contributed by atoms with E-state index in [1.54, 1.807) is 0 Å². The van der Waals surface area contributed by atoms with Crippen molar-refractivity contribution in [2.24, 2.45) is 5.41 Å². The Morgan fingerprint density at radius 1 is 1.29 bits per heavy atom. The average molecular weight is 198 g/mol. The van der Waals surface area contributed by atoms with Crippen LogP contribution in [-0.4, -0.2) is 38.4 Å². The molecule has 1 aliphatic heterocycles. The van der Waals surface area contributed by atoms with Gasteiger partial charge < -0.3 is 15.4 Å². The summed E-state index contributed by atoms with van der Waals surface area (Å²) in [5.74, 6) is 0. The molecule has 14 heavy (non-hydrogen) atoms. The van der Waals surface area contributed by atoms with Gasteiger partial charge in [0.2, 0.25) is 0 Å². The molecule has 1 saturated carbocycles. The molecule has 2 aliphatic rings. The Hall–Kier alpha value is -0.120. The first-order chi connectivity index (χ1) is 6.62. The highest BCUT2D eigenvalue weighted by atomic mass is 16.5. The SMILES string of the molecule is CC1(CNCCOC2(C)CNC2)CC1. The van der Waals surface area contributed by atoms with Gasteiger partial charge in [0.15, 0.2) is 0 Å². The van der Waals surface area contributed by atoms with Crippen molar-refractivity contribution in [1.82, 2.24) is 10.6 Å². The molecule has 0 aromatic carbocycles.